The van der Waals surface area contributed by atoms with Crippen molar-refractivity contribution < 1.29 is 19.4 Å². The molecule has 0 spiro atoms. The molecule has 2 heterocycles. The number of aryl methyl sites for hydroxylation is 2. The van der Waals surface area contributed by atoms with E-state index in [2.05, 4.69) is 17.1 Å². The molecule has 4 aromatic rings. The standard InChI is InChI=1S/C32H31N3O4S2/c1-4-5-17-39-24-15-13-23(14-16-24)27-26(28(36)25-18-20(2)11-12-21(25)3)29(37)30(38)35(27)31-33-34-32(41-31)40-19-22-9-7-6-8-10-22/h6-16,18,27,36H,4-5,17,19H2,1-3H3/b28-26+. The van der Waals surface area contributed by atoms with E-state index in [1.165, 1.54) is 28.0 Å². The average molecular weight is 586 g/mol. The van der Waals surface area contributed by atoms with Gasteiger partial charge in [0.2, 0.25) is 5.13 Å². The minimum absolute atomic E-state index is 0.0250. The zero-order chi connectivity index (χ0) is 28.9. The summed E-state index contributed by atoms with van der Waals surface area (Å²) >= 11 is 2.77. The number of aliphatic hydroxyl groups is 1. The Hall–Kier alpha value is -3.95. The van der Waals surface area contributed by atoms with Crippen LogP contribution in [0.25, 0.3) is 5.76 Å². The molecular weight excluding hydrogens is 555 g/mol. The van der Waals surface area contributed by atoms with Crippen molar-refractivity contribution in [1.82, 2.24) is 10.2 Å². The van der Waals surface area contributed by atoms with Crippen molar-refractivity contribution in [3.63, 3.8) is 0 Å². The van der Waals surface area contributed by atoms with Crippen molar-refractivity contribution in [1.29, 1.82) is 0 Å². The van der Waals surface area contributed by atoms with E-state index in [1.807, 2.05) is 86.6 Å². The molecule has 1 aliphatic rings. The summed E-state index contributed by atoms with van der Waals surface area (Å²) in [4.78, 5) is 28.5. The average Bonchev–Trinajstić information content (AvgIpc) is 3.56. The van der Waals surface area contributed by atoms with Gasteiger partial charge < -0.3 is 9.84 Å². The molecule has 7 nitrogen and oxygen atoms in total. The molecule has 1 atom stereocenters. The monoisotopic (exact) mass is 585 g/mol. The third-order valence-electron chi connectivity index (χ3n) is 6.86. The van der Waals surface area contributed by atoms with Gasteiger partial charge in [0.1, 0.15) is 11.5 Å². The second kappa shape index (κ2) is 12.7. The number of unbranched alkanes of at least 4 members (excludes halogenated alkanes) is 1. The largest absolute Gasteiger partial charge is 0.507 e. The van der Waals surface area contributed by atoms with Crippen molar-refractivity contribution in [2.75, 3.05) is 11.5 Å². The van der Waals surface area contributed by atoms with Gasteiger partial charge in [-0.2, -0.15) is 0 Å². The maximum Gasteiger partial charge on any atom is 0.301 e. The number of ketones is 1. The van der Waals surface area contributed by atoms with Crippen LogP contribution in [-0.4, -0.2) is 33.6 Å². The highest BCUT2D eigenvalue weighted by molar-refractivity contribution is 8.00. The number of amides is 1. The van der Waals surface area contributed by atoms with Crippen molar-refractivity contribution >= 4 is 45.7 Å². The van der Waals surface area contributed by atoms with Gasteiger partial charge in [0.25, 0.3) is 5.78 Å². The number of carbonyl (C=O) groups is 2. The minimum Gasteiger partial charge on any atom is -0.507 e. The number of hydrogen-bond donors (Lipinski definition) is 1. The van der Waals surface area contributed by atoms with E-state index in [9.17, 15) is 14.7 Å². The van der Waals surface area contributed by atoms with Gasteiger partial charge >= 0.3 is 5.91 Å². The predicted molar refractivity (Wildman–Crippen MR) is 163 cm³/mol. The van der Waals surface area contributed by atoms with Crippen LogP contribution in [0.15, 0.2) is 82.7 Å². The zero-order valence-corrected chi connectivity index (χ0v) is 24.8. The van der Waals surface area contributed by atoms with Crippen LogP contribution in [0.4, 0.5) is 5.13 Å². The van der Waals surface area contributed by atoms with Crippen molar-refractivity contribution in [2.24, 2.45) is 0 Å². The van der Waals surface area contributed by atoms with Crippen LogP contribution in [-0.2, 0) is 15.3 Å². The molecule has 1 N–H and O–H groups in total. The summed E-state index contributed by atoms with van der Waals surface area (Å²) in [5, 5.41) is 20.5. The van der Waals surface area contributed by atoms with Gasteiger partial charge in [0.05, 0.1) is 18.2 Å². The Morgan fingerprint density at radius 3 is 2.51 bits per heavy atom. The second-order valence-corrected chi connectivity index (χ2v) is 12.1. The summed E-state index contributed by atoms with van der Waals surface area (Å²) in [6, 6.07) is 22.1. The first-order chi connectivity index (χ1) is 19.9. The minimum atomic E-state index is -0.875. The van der Waals surface area contributed by atoms with Gasteiger partial charge in [-0.15, -0.1) is 10.2 Å². The molecule has 1 unspecified atom stereocenters. The Kier molecular flexibility index (Phi) is 8.85. The van der Waals surface area contributed by atoms with Crippen molar-refractivity contribution in [2.45, 2.75) is 49.7 Å². The van der Waals surface area contributed by atoms with Gasteiger partial charge in [-0.25, -0.2) is 0 Å². The summed E-state index contributed by atoms with van der Waals surface area (Å²) in [5.74, 6) is -0.317. The van der Waals surface area contributed by atoms with E-state index in [1.54, 1.807) is 0 Å². The van der Waals surface area contributed by atoms with E-state index < -0.39 is 17.7 Å². The molecule has 0 bridgehead atoms. The number of ether oxygens (including phenoxy) is 1. The van der Waals surface area contributed by atoms with Crippen LogP contribution in [0.5, 0.6) is 5.75 Å². The topological polar surface area (TPSA) is 92.6 Å². The van der Waals surface area contributed by atoms with Crippen LogP contribution in [0.3, 0.4) is 0 Å². The lowest BCUT2D eigenvalue weighted by molar-refractivity contribution is -0.132. The number of aromatic nitrogens is 2. The number of nitrogens with zero attached hydrogens (tertiary/aromatic N) is 3. The molecule has 3 aromatic carbocycles. The number of benzene rings is 3. The van der Waals surface area contributed by atoms with Crippen molar-refractivity contribution in [3.05, 3.63) is 106 Å². The number of Topliss-reactive ketones (excluding diaryl/α,β-unsaturated/α-hetero) is 1. The quantitative estimate of drug-likeness (QED) is 0.0523. The number of carbonyl (C=O) groups excluding carboxylic acids is 2. The molecule has 0 radical (unpaired) electrons. The van der Waals surface area contributed by atoms with E-state index >= 15 is 0 Å². The summed E-state index contributed by atoms with van der Waals surface area (Å²) in [6.45, 7) is 6.49. The maximum absolute atomic E-state index is 13.6. The molecule has 1 saturated heterocycles. The van der Waals surface area contributed by atoms with E-state index in [0.29, 0.717) is 38.7 Å². The maximum atomic E-state index is 13.6. The van der Waals surface area contributed by atoms with Gasteiger partial charge in [-0.1, -0.05) is 96.6 Å². The highest BCUT2D eigenvalue weighted by Gasteiger charge is 2.48. The fourth-order valence-corrected chi connectivity index (χ4v) is 6.46. The Morgan fingerprint density at radius 1 is 1.02 bits per heavy atom. The Balaban J connectivity index is 1.54. The molecule has 1 aliphatic heterocycles. The number of anilines is 1. The fraction of sp³-hybridized carbons (Fsp3) is 0.250. The molecule has 41 heavy (non-hydrogen) atoms. The zero-order valence-electron chi connectivity index (χ0n) is 23.2. The van der Waals surface area contributed by atoms with Crippen LogP contribution >= 0.6 is 23.1 Å². The summed E-state index contributed by atoms with van der Waals surface area (Å²) in [6.07, 6.45) is 1.97. The van der Waals surface area contributed by atoms with Gasteiger partial charge in [-0.05, 0) is 55.2 Å². The Bertz CT molecular complexity index is 1580. The lowest BCUT2D eigenvalue weighted by Gasteiger charge is -2.23. The predicted octanol–water partition coefficient (Wildman–Crippen LogP) is 7.25. The molecule has 5 rings (SSSR count). The van der Waals surface area contributed by atoms with Gasteiger partial charge in [0.15, 0.2) is 4.34 Å². The van der Waals surface area contributed by atoms with Crippen LogP contribution in [0, 0.1) is 13.8 Å². The number of aliphatic hydroxyl groups excluding tert-OH is 1. The fourth-order valence-electron chi connectivity index (χ4n) is 4.64. The summed E-state index contributed by atoms with van der Waals surface area (Å²) < 4.78 is 6.50. The normalized spacial score (nSPS) is 16.4. The number of thioether (sulfide) groups is 1. The Morgan fingerprint density at radius 2 is 1.78 bits per heavy atom. The third-order valence-corrected chi connectivity index (χ3v) is 8.99. The first-order valence-corrected chi connectivity index (χ1v) is 15.3. The van der Waals surface area contributed by atoms with Crippen LogP contribution < -0.4 is 9.64 Å². The lowest BCUT2D eigenvalue weighted by Crippen LogP contribution is -2.29. The van der Waals surface area contributed by atoms with E-state index in [4.69, 9.17) is 4.74 Å². The molecule has 1 aromatic heterocycles. The molecule has 9 heteroatoms. The molecule has 1 amide bonds. The first kappa shape index (κ1) is 28.6. The third kappa shape index (κ3) is 6.21. The first-order valence-electron chi connectivity index (χ1n) is 13.5. The number of hydrogen-bond acceptors (Lipinski definition) is 8. The van der Waals surface area contributed by atoms with Crippen LogP contribution in [0.1, 0.15) is 53.6 Å². The SMILES string of the molecule is CCCCOc1ccc(C2/C(=C(\O)c3cc(C)ccc3C)C(=O)C(=O)N2c2nnc(SCc3ccccc3)s2)cc1. The molecule has 0 aliphatic carbocycles. The van der Waals surface area contributed by atoms with E-state index in [-0.39, 0.29) is 11.3 Å². The lowest BCUT2D eigenvalue weighted by atomic mass is 9.93. The Labute approximate surface area is 247 Å². The van der Waals surface area contributed by atoms with Crippen LogP contribution in [0.2, 0.25) is 0 Å². The highest BCUT2D eigenvalue weighted by atomic mass is 32.2. The highest BCUT2D eigenvalue weighted by Crippen LogP contribution is 2.44. The summed E-state index contributed by atoms with van der Waals surface area (Å²) in [7, 11) is 0. The van der Waals surface area contributed by atoms with Gasteiger partial charge in [0, 0.05) is 11.3 Å². The second-order valence-electron chi connectivity index (χ2n) is 9.88. The summed E-state index contributed by atoms with van der Waals surface area (Å²) in [5.41, 5.74) is 4.08. The smallest absolute Gasteiger partial charge is 0.301 e. The van der Waals surface area contributed by atoms with Gasteiger partial charge in [-0.3, -0.25) is 14.5 Å². The molecule has 210 valence electrons. The molecule has 1 fully saturated rings. The van der Waals surface area contributed by atoms with E-state index in [0.717, 1.165) is 29.5 Å². The van der Waals surface area contributed by atoms with Crippen molar-refractivity contribution in [3.8, 4) is 5.75 Å². The number of rotatable bonds is 10. The molecular formula is C32H31N3O4S2. The molecule has 0 saturated carbocycles.